The van der Waals surface area contributed by atoms with Gasteiger partial charge in [-0.15, -0.1) is 0 Å². The van der Waals surface area contributed by atoms with Crippen molar-refractivity contribution in [3.63, 3.8) is 0 Å². The van der Waals surface area contributed by atoms with Crippen LogP contribution in [0.2, 0.25) is 0 Å². The van der Waals surface area contributed by atoms with Gasteiger partial charge in [0.2, 0.25) is 0 Å². The summed E-state index contributed by atoms with van der Waals surface area (Å²) in [5, 5.41) is 12.4. The van der Waals surface area contributed by atoms with Gasteiger partial charge < -0.3 is 19.9 Å². The molecule has 110 valence electrons. The molecule has 1 aliphatic heterocycles. The molecule has 1 heterocycles. The van der Waals surface area contributed by atoms with Gasteiger partial charge in [0.25, 0.3) is 0 Å². The first-order valence-corrected chi connectivity index (χ1v) is 6.81. The van der Waals surface area contributed by atoms with Crippen molar-refractivity contribution in [2.24, 2.45) is 5.92 Å². The molecule has 1 fully saturated rings. The SMILES string of the molecule is CCc1c(OC)cc(OC)cc1C1CC(C(=O)O)CN1. The second-order valence-corrected chi connectivity index (χ2v) is 4.98. The molecule has 1 aliphatic rings. The number of carboxylic acids is 1. The fourth-order valence-electron chi connectivity index (χ4n) is 2.79. The summed E-state index contributed by atoms with van der Waals surface area (Å²) >= 11 is 0. The van der Waals surface area contributed by atoms with Crippen molar-refractivity contribution in [2.75, 3.05) is 20.8 Å². The van der Waals surface area contributed by atoms with E-state index in [0.29, 0.717) is 13.0 Å². The van der Waals surface area contributed by atoms with Gasteiger partial charge in [-0.2, -0.15) is 0 Å². The van der Waals surface area contributed by atoms with Gasteiger partial charge in [-0.1, -0.05) is 6.92 Å². The highest BCUT2D eigenvalue weighted by atomic mass is 16.5. The molecule has 0 bridgehead atoms. The van der Waals surface area contributed by atoms with Crippen molar-refractivity contribution < 1.29 is 19.4 Å². The van der Waals surface area contributed by atoms with Gasteiger partial charge in [0.05, 0.1) is 20.1 Å². The van der Waals surface area contributed by atoms with Gasteiger partial charge in [0, 0.05) is 18.7 Å². The van der Waals surface area contributed by atoms with Crippen molar-refractivity contribution in [2.45, 2.75) is 25.8 Å². The summed E-state index contributed by atoms with van der Waals surface area (Å²) in [6.45, 7) is 2.57. The lowest BCUT2D eigenvalue weighted by Crippen LogP contribution is -2.18. The van der Waals surface area contributed by atoms with Crippen LogP contribution in [0.15, 0.2) is 12.1 Å². The van der Waals surface area contributed by atoms with Crippen LogP contribution in [0.4, 0.5) is 0 Å². The zero-order valence-electron chi connectivity index (χ0n) is 12.1. The second-order valence-electron chi connectivity index (χ2n) is 4.98. The van der Waals surface area contributed by atoms with Crippen molar-refractivity contribution in [1.82, 2.24) is 5.32 Å². The largest absolute Gasteiger partial charge is 0.497 e. The summed E-state index contributed by atoms with van der Waals surface area (Å²) in [6, 6.07) is 3.88. The fraction of sp³-hybridized carbons (Fsp3) is 0.533. The summed E-state index contributed by atoms with van der Waals surface area (Å²) < 4.78 is 10.7. The highest BCUT2D eigenvalue weighted by molar-refractivity contribution is 5.71. The molecule has 0 amide bonds. The Morgan fingerprint density at radius 1 is 1.40 bits per heavy atom. The van der Waals surface area contributed by atoms with Crippen LogP contribution in [0.25, 0.3) is 0 Å². The highest BCUT2D eigenvalue weighted by Gasteiger charge is 2.32. The van der Waals surface area contributed by atoms with Crippen LogP contribution in [0.1, 0.15) is 30.5 Å². The predicted octanol–water partition coefficient (Wildman–Crippen LogP) is 2.00. The van der Waals surface area contributed by atoms with Crippen molar-refractivity contribution in [3.8, 4) is 11.5 Å². The lowest BCUT2D eigenvalue weighted by molar-refractivity contribution is -0.141. The monoisotopic (exact) mass is 279 g/mol. The Kier molecular flexibility index (Phi) is 4.49. The van der Waals surface area contributed by atoms with E-state index in [2.05, 4.69) is 12.2 Å². The minimum absolute atomic E-state index is 0.0371. The number of hydrogen-bond acceptors (Lipinski definition) is 4. The first-order valence-electron chi connectivity index (χ1n) is 6.81. The maximum Gasteiger partial charge on any atom is 0.307 e. The summed E-state index contributed by atoms with van der Waals surface area (Å²) in [5.41, 5.74) is 2.18. The average molecular weight is 279 g/mol. The Labute approximate surface area is 118 Å². The molecule has 2 atom stereocenters. The number of carboxylic acid groups (broad SMARTS) is 1. The van der Waals surface area contributed by atoms with E-state index in [-0.39, 0.29) is 12.0 Å². The Morgan fingerprint density at radius 3 is 2.65 bits per heavy atom. The van der Waals surface area contributed by atoms with E-state index < -0.39 is 5.97 Å². The maximum absolute atomic E-state index is 11.1. The summed E-state index contributed by atoms with van der Waals surface area (Å²) in [6.07, 6.45) is 1.43. The molecule has 0 aliphatic carbocycles. The van der Waals surface area contributed by atoms with Crippen LogP contribution >= 0.6 is 0 Å². The zero-order valence-corrected chi connectivity index (χ0v) is 12.1. The molecule has 0 spiro atoms. The lowest BCUT2D eigenvalue weighted by atomic mass is 9.94. The van der Waals surface area contributed by atoms with E-state index in [9.17, 15) is 4.79 Å². The number of rotatable bonds is 5. The molecule has 0 radical (unpaired) electrons. The van der Waals surface area contributed by atoms with Crippen LogP contribution in [0.5, 0.6) is 11.5 Å². The maximum atomic E-state index is 11.1. The van der Waals surface area contributed by atoms with E-state index >= 15 is 0 Å². The number of hydrogen-bond donors (Lipinski definition) is 2. The number of benzene rings is 1. The van der Waals surface area contributed by atoms with E-state index in [0.717, 1.165) is 29.0 Å². The molecular formula is C15H21NO4. The topological polar surface area (TPSA) is 67.8 Å². The van der Waals surface area contributed by atoms with E-state index in [1.165, 1.54) is 0 Å². The molecule has 0 aromatic heterocycles. The third-order valence-electron chi connectivity index (χ3n) is 3.88. The third kappa shape index (κ3) is 2.72. The zero-order chi connectivity index (χ0) is 14.7. The molecule has 0 saturated carbocycles. The van der Waals surface area contributed by atoms with Gasteiger partial charge in [-0.3, -0.25) is 4.79 Å². The molecule has 2 N–H and O–H groups in total. The van der Waals surface area contributed by atoms with Gasteiger partial charge in [-0.05, 0) is 30.0 Å². The van der Waals surface area contributed by atoms with E-state index in [1.807, 2.05) is 12.1 Å². The highest BCUT2D eigenvalue weighted by Crippen LogP contribution is 2.37. The van der Waals surface area contributed by atoms with Gasteiger partial charge in [0.1, 0.15) is 11.5 Å². The summed E-state index contributed by atoms with van der Waals surface area (Å²) in [7, 11) is 3.26. The first-order chi connectivity index (χ1) is 9.60. The number of nitrogens with one attached hydrogen (secondary N) is 1. The van der Waals surface area contributed by atoms with Gasteiger partial charge >= 0.3 is 5.97 Å². The third-order valence-corrected chi connectivity index (χ3v) is 3.88. The van der Waals surface area contributed by atoms with Gasteiger partial charge in [-0.25, -0.2) is 0 Å². The number of methoxy groups -OCH3 is 2. The molecule has 2 unspecified atom stereocenters. The standard InChI is InChI=1S/C15H21NO4/c1-4-11-12(6-10(19-2)7-14(11)20-3)13-5-9(8-16-13)15(17)18/h6-7,9,13,16H,4-5,8H2,1-3H3,(H,17,18). The molecule has 1 saturated heterocycles. The van der Waals surface area contributed by atoms with E-state index in [4.69, 9.17) is 14.6 Å². The second kappa shape index (κ2) is 6.13. The van der Waals surface area contributed by atoms with Crippen LogP contribution in [-0.4, -0.2) is 31.8 Å². The van der Waals surface area contributed by atoms with Crippen LogP contribution in [0.3, 0.4) is 0 Å². The Morgan fingerprint density at radius 2 is 2.15 bits per heavy atom. The van der Waals surface area contributed by atoms with Crippen LogP contribution in [-0.2, 0) is 11.2 Å². The minimum atomic E-state index is -0.743. The molecule has 1 aromatic rings. The van der Waals surface area contributed by atoms with Crippen molar-refractivity contribution in [3.05, 3.63) is 23.3 Å². The first kappa shape index (κ1) is 14.7. The molecule has 20 heavy (non-hydrogen) atoms. The van der Waals surface area contributed by atoms with E-state index in [1.54, 1.807) is 14.2 Å². The quantitative estimate of drug-likeness (QED) is 0.863. The number of ether oxygens (including phenoxy) is 2. The lowest BCUT2D eigenvalue weighted by Gasteiger charge is -2.19. The predicted molar refractivity (Wildman–Crippen MR) is 75.4 cm³/mol. The fourth-order valence-corrected chi connectivity index (χ4v) is 2.79. The normalized spacial score (nSPS) is 21.8. The number of aliphatic carboxylic acids is 1. The van der Waals surface area contributed by atoms with Crippen molar-refractivity contribution in [1.29, 1.82) is 0 Å². The average Bonchev–Trinajstić information content (AvgIpc) is 2.95. The Balaban J connectivity index is 2.37. The Bertz CT molecular complexity index is 501. The number of carbonyl (C=O) groups is 1. The summed E-state index contributed by atoms with van der Waals surface area (Å²) in [5.74, 6) is 0.451. The van der Waals surface area contributed by atoms with Crippen molar-refractivity contribution >= 4 is 5.97 Å². The molecule has 5 heteroatoms. The van der Waals surface area contributed by atoms with Crippen LogP contribution in [0, 0.1) is 5.92 Å². The summed E-state index contributed by atoms with van der Waals surface area (Å²) in [4.78, 5) is 11.1. The van der Waals surface area contributed by atoms with Gasteiger partial charge in [0.15, 0.2) is 0 Å². The smallest absolute Gasteiger partial charge is 0.307 e. The minimum Gasteiger partial charge on any atom is -0.497 e. The van der Waals surface area contributed by atoms with Crippen LogP contribution < -0.4 is 14.8 Å². The molecule has 1 aromatic carbocycles. The Hall–Kier alpha value is -1.75. The molecule has 5 nitrogen and oxygen atoms in total. The molecular weight excluding hydrogens is 258 g/mol. The molecule has 2 rings (SSSR count).